The Balaban J connectivity index is 1.33. The molecule has 0 bridgehead atoms. The maximum absolute atomic E-state index is 13.4. The highest BCUT2D eigenvalue weighted by Gasteiger charge is 2.53. The average Bonchev–Trinajstić information content (AvgIpc) is 0.787. The monoisotopic (exact) mass is 1350 g/mol. The minimum absolute atomic E-state index is 0.219. The molecule has 3 heterocycles. The first-order valence-electron chi connectivity index (χ1n) is 36.1. The minimum atomic E-state index is -1.99. The van der Waals surface area contributed by atoms with Gasteiger partial charge < -0.3 is 89.9 Å². The lowest BCUT2D eigenvalue weighted by molar-refractivity contribution is -0.379. The molecule has 3 saturated heterocycles. The van der Waals surface area contributed by atoms with E-state index in [2.05, 4.69) is 153 Å². The molecule has 19 nitrogen and oxygen atoms in total. The first-order valence-corrected chi connectivity index (χ1v) is 36.1. The van der Waals surface area contributed by atoms with Crippen LogP contribution in [0.25, 0.3) is 0 Å². The number of aliphatic hydroxyl groups excluding tert-OH is 11. The summed E-state index contributed by atoms with van der Waals surface area (Å²) in [5.74, 6) is -0.301. The summed E-state index contributed by atoms with van der Waals surface area (Å²) >= 11 is 0. The molecule has 0 radical (unpaired) electrons. The normalized spacial score (nSPS) is 27.9. The van der Waals surface area contributed by atoms with E-state index < -0.39 is 124 Å². The molecule has 3 aliphatic heterocycles. The molecule has 0 spiro atoms. The Labute approximate surface area is 574 Å². The summed E-state index contributed by atoms with van der Waals surface area (Å²) in [5.41, 5.74) is 0. The van der Waals surface area contributed by atoms with E-state index in [1.165, 1.54) is 51.4 Å². The molecule has 17 unspecified atom stereocenters. The second kappa shape index (κ2) is 56.4. The quantitative estimate of drug-likeness (QED) is 0.0199. The first kappa shape index (κ1) is 85.9. The van der Waals surface area contributed by atoms with Crippen molar-refractivity contribution in [3.8, 4) is 0 Å². The smallest absolute Gasteiger partial charge is 0.220 e. The summed E-state index contributed by atoms with van der Waals surface area (Å²) in [6.45, 7) is 1.50. The van der Waals surface area contributed by atoms with Crippen molar-refractivity contribution in [1.82, 2.24) is 5.32 Å². The summed E-state index contributed by atoms with van der Waals surface area (Å²) in [5, 5.41) is 120. The van der Waals surface area contributed by atoms with E-state index in [1.54, 1.807) is 6.08 Å². The van der Waals surface area contributed by atoms with Gasteiger partial charge in [-0.05, 0) is 109 Å². The lowest BCUT2D eigenvalue weighted by atomic mass is 9.96. The lowest BCUT2D eigenvalue weighted by Gasteiger charge is -2.48. The van der Waals surface area contributed by atoms with E-state index in [-0.39, 0.29) is 18.9 Å². The van der Waals surface area contributed by atoms with E-state index in [0.717, 1.165) is 116 Å². The van der Waals surface area contributed by atoms with Gasteiger partial charge in [-0.25, -0.2) is 0 Å². The Morgan fingerprint density at radius 1 is 0.385 bits per heavy atom. The van der Waals surface area contributed by atoms with Crippen molar-refractivity contribution in [3.05, 3.63) is 146 Å². The number of unbranched alkanes of at least 4 members (excludes halogenated alkanes) is 15. The number of allylic oxidation sites excluding steroid dienone is 23. The number of rotatable bonds is 53. The van der Waals surface area contributed by atoms with Crippen molar-refractivity contribution in [2.45, 2.75) is 304 Å². The molecule has 546 valence electrons. The fourth-order valence-electron chi connectivity index (χ4n) is 11.0. The number of hydrogen-bond acceptors (Lipinski definition) is 18. The summed E-state index contributed by atoms with van der Waals surface area (Å²) in [6, 6.07) is -1.01. The molecule has 3 fully saturated rings. The summed E-state index contributed by atoms with van der Waals surface area (Å²) in [7, 11) is 0. The fourth-order valence-corrected chi connectivity index (χ4v) is 11.0. The highest BCUT2D eigenvalue weighted by molar-refractivity contribution is 5.76. The highest BCUT2D eigenvalue weighted by Crippen LogP contribution is 2.33. The molecule has 0 saturated carbocycles. The molecular weight excluding hydrogens is 1230 g/mol. The summed E-state index contributed by atoms with van der Waals surface area (Å²) < 4.78 is 34.3. The van der Waals surface area contributed by atoms with Crippen LogP contribution in [0, 0.1) is 0 Å². The molecule has 0 aromatic rings. The van der Waals surface area contributed by atoms with Crippen LogP contribution in [-0.2, 0) is 33.2 Å². The third-order valence-electron chi connectivity index (χ3n) is 16.8. The van der Waals surface area contributed by atoms with Crippen molar-refractivity contribution in [2.75, 3.05) is 26.4 Å². The van der Waals surface area contributed by atoms with Gasteiger partial charge in [0, 0.05) is 6.42 Å². The predicted octanol–water partition coefficient (Wildman–Crippen LogP) is 10.3. The Bertz CT molecular complexity index is 2310. The van der Waals surface area contributed by atoms with Gasteiger partial charge in [0.25, 0.3) is 0 Å². The largest absolute Gasteiger partial charge is 0.394 e. The molecule has 0 aromatic heterocycles. The molecule has 3 aliphatic rings. The predicted molar refractivity (Wildman–Crippen MR) is 378 cm³/mol. The van der Waals surface area contributed by atoms with Crippen LogP contribution in [0.4, 0.5) is 0 Å². The average molecular weight is 1350 g/mol. The van der Waals surface area contributed by atoms with Crippen LogP contribution in [-0.4, -0.2) is 193 Å². The molecule has 0 aliphatic carbocycles. The third-order valence-corrected chi connectivity index (χ3v) is 16.8. The number of ether oxygens (including phenoxy) is 6. The molecule has 0 aromatic carbocycles. The zero-order chi connectivity index (χ0) is 69.6. The maximum atomic E-state index is 13.4. The molecule has 12 N–H and O–H groups in total. The number of hydrogen-bond donors (Lipinski definition) is 12. The van der Waals surface area contributed by atoms with Gasteiger partial charge in [0.2, 0.25) is 5.91 Å². The summed E-state index contributed by atoms with van der Waals surface area (Å²) in [4.78, 5) is 13.4. The van der Waals surface area contributed by atoms with E-state index in [9.17, 15) is 61.0 Å². The van der Waals surface area contributed by atoms with E-state index in [4.69, 9.17) is 28.4 Å². The molecule has 19 heteroatoms. The Kier molecular flexibility index (Phi) is 50.5. The maximum Gasteiger partial charge on any atom is 0.220 e. The van der Waals surface area contributed by atoms with Crippen LogP contribution in [0.2, 0.25) is 0 Å². The van der Waals surface area contributed by atoms with E-state index >= 15 is 0 Å². The van der Waals surface area contributed by atoms with Gasteiger partial charge in [-0.3, -0.25) is 4.79 Å². The van der Waals surface area contributed by atoms with Crippen LogP contribution >= 0.6 is 0 Å². The van der Waals surface area contributed by atoms with Crippen molar-refractivity contribution in [1.29, 1.82) is 0 Å². The van der Waals surface area contributed by atoms with Crippen molar-refractivity contribution in [2.24, 2.45) is 0 Å². The molecule has 17 atom stereocenters. The second-order valence-corrected chi connectivity index (χ2v) is 24.9. The summed E-state index contributed by atoms with van der Waals surface area (Å²) in [6.07, 6.45) is 54.2. The van der Waals surface area contributed by atoms with Gasteiger partial charge in [-0.2, -0.15) is 0 Å². The second-order valence-electron chi connectivity index (χ2n) is 24.9. The van der Waals surface area contributed by atoms with Crippen LogP contribution in [0.5, 0.6) is 0 Å². The van der Waals surface area contributed by atoms with Gasteiger partial charge in [0.05, 0.1) is 38.6 Å². The van der Waals surface area contributed by atoms with Crippen LogP contribution in [0.3, 0.4) is 0 Å². The zero-order valence-electron chi connectivity index (χ0n) is 57.8. The number of carbonyl (C=O) groups is 1. The minimum Gasteiger partial charge on any atom is -0.394 e. The fraction of sp³-hybridized carbons (Fsp3) is 0.675. The molecule has 96 heavy (non-hydrogen) atoms. The topological polar surface area (TPSA) is 307 Å². The number of amides is 1. The van der Waals surface area contributed by atoms with E-state index in [1.807, 2.05) is 6.08 Å². The van der Waals surface area contributed by atoms with Gasteiger partial charge in [-0.15, -0.1) is 0 Å². The number of aliphatic hydroxyl groups is 11. The van der Waals surface area contributed by atoms with Crippen molar-refractivity contribution in [3.63, 3.8) is 0 Å². The van der Waals surface area contributed by atoms with Crippen LogP contribution in [0.15, 0.2) is 146 Å². The van der Waals surface area contributed by atoms with E-state index in [0.29, 0.717) is 12.8 Å². The lowest BCUT2D eigenvalue weighted by Crippen LogP contribution is -2.66. The van der Waals surface area contributed by atoms with Gasteiger partial charge in [-0.1, -0.05) is 230 Å². The van der Waals surface area contributed by atoms with Crippen LogP contribution in [0.1, 0.15) is 200 Å². The van der Waals surface area contributed by atoms with Crippen molar-refractivity contribution >= 4 is 5.91 Å². The van der Waals surface area contributed by atoms with Gasteiger partial charge in [0.1, 0.15) is 73.2 Å². The number of carbonyl (C=O) groups excluding carboxylic acids is 1. The first-order chi connectivity index (χ1) is 46.8. The molecular formula is C77H125NO18. The van der Waals surface area contributed by atoms with Crippen LogP contribution < -0.4 is 5.32 Å². The Morgan fingerprint density at radius 2 is 0.729 bits per heavy atom. The Morgan fingerprint density at radius 3 is 1.17 bits per heavy atom. The van der Waals surface area contributed by atoms with Gasteiger partial charge >= 0.3 is 0 Å². The molecule has 3 rings (SSSR count). The number of nitrogens with one attached hydrogen (secondary N) is 1. The standard InChI is InChI=1S/C77H125NO18/c1-3-5-7-9-11-13-15-17-18-19-20-21-22-23-24-25-26-27-28-29-30-31-32-33-34-35-36-37-38-39-40-41-42-43-45-47-49-51-53-55-65(83)78-60(61(82)54-52-50-48-46-44-16-14-12-10-8-6-4-2)59-91-75-71(89)68(86)73(63(57-80)93-75)96-77-72(90)69(87)74(64(58-81)94-77)95-76-70(88)67(85)66(84)62(56-79)92-76/h5,7,10-13,17-18,20-21,23-24,26-27,29-30,32-33,35-36,44,46,52,54,60-64,66-77,79-82,84-90H,3-4,6,8-9,14-16,19,22,25,28,31,34,37-43,45,47-51,53,55-59H2,1-2H3,(H,78,83)/b7-5-,12-10+,13-11-,18-17-,21-20-,24-23-,27-26-,30-29-,33-32-,36-35-,46-44+,54-52+. The SMILES string of the molecule is CC/C=C\C/C=C\C/C=C\C/C=C\C/C=C\C/C=C\C/C=C\C/C=C\C/C=C\CCCCCCCCCCCCCC(=O)NC(COC1OC(CO)C(OC2OC(CO)C(OC3OC(CO)C(O)C(O)C3O)C(O)C2O)C(O)C1O)C(O)/C=C/CC/C=C/CC/C=C/CCCC. The highest BCUT2D eigenvalue weighted by atomic mass is 16.8. The molecule has 1 amide bonds. The Hall–Kier alpha value is -4.33. The van der Waals surface area contributed by atoms with Crippen molar-refractivity contribution < 1.29 is 89.4 Å². The third kappa shape index (κ3) is 37.2. The van der Waals surface area contributed by atoms with Gasteiger partial charge in [0.15, 0.2) is 18.9 Å². The zero-order valence-corrected chi connectivity index (χ0v) is 57.8.